The average molecular weight is 1040 g/mol. The van der Waals surface area contributed by atoms with Crippen LogP contribution in [0.15, 0.2) is 146 Å². The highest BCUT2D eigenvalue weighted by atomic mass is 16.5. The van der Waals surface area contributed by atoms with Gasteiger partial charge >= 0.3 is 0 Å². The van der Waals surface area contributed by atoms with E-state index in [-0.39, 0.29) is 21.7 Å². The van der Waals surface area contributed by atoms with Crippen molar-refractivity contribution in [3.8, 4) is 45.9 Å². The highest BCUT2D eigenvalue weighted by Gasteiger charge is 2.33. The Morgan fingerprint density at radius 3 is 1.09 bits per heavy atom. The van der Waals surface area contributed by atoms with Gasteiger partial charge in [-0.2, -0.15) is 0 Å². The quantitative estimate of drug-likeness (QED) is 0.0710. The van der Waals surface area contributed by atoms with Crippen LogP contribution in [0.2, 0.25) is 0 Å². The summed E-state index contributed by atoms with van der Waals surface area (Å²) in [6.07, 6.45) is 18.6. The van der Waals surface area contributed by atoms with Crippen molar-refractivity contribution in [3.63, 3.8) is 0 Å². The third-order valence-electron chi connectivity index (χ3n) is 18.3. The number of ether oxygens (including phenoxy) is 2. The van der Waals surface area contributed by atoms with Crippen LogP contribution < -0.4 is 0 Å². The van der Waals surface area contributed by atoms with Gasteiger partial charge in [-0.1, -0.05) is 212 Å². The minimum atomic E-state index is -0.0204. The lowest BCUT2D eigenvalue weighted by Gasteiger charge is -2.34. The molecule has 2 aliphatic rings. The second-order valence-electron chi connectivity index (χ2n) is 23.7. The molecule has 0 radical (unpaired) electrons. The highest BCUT2D eigenvalue weighted by Crippen LogP contribution is 2.44. The lowest BCUT2D eigenvalue weighted by molar-refractivity contribution is 0.285. The van der Waals surface area contributed by atoms with Gasteiger partial charge in [0.15, 0.2) is 0 Å². The molecule has 6 aromatic rings. The lowest BCUT2D eigenvalue weighted by atomic mass is 9.69. The predicted molar refractivity (Wildman–Crippen MR) is 334 cm³/mol. The van der Waals surface area contributed by atoms with E-state index in [4.69, 9.17) is 9.47 Å². The minimum absolute atomic E-state index is 0.0204. The molecule has 0 bridgehead atoms. The van der Waals surface area contributed by atoms with Crippen LogP contribution in [-0.2, 0) is 33.1 Å². The molecule has 0 N–H and O–H groups in total. The summed E-state index contributed by atoms with van der Waals surface area (Å²) >= 11 is 0. The summed E-state index contributed by atoms with van der Waals surface area (Å²) in [5.74, 6) is 16.0. The molecule has 2 saturated carbocycles. The summed E-state index contributed by atoms with van der Waals surface area (Å²) < 4.78 is 10.6. The maximum atomic E-state index is 5.30. The first kappa shape index (κ1) is 59.2. The summed E-state index contributed by atoms with van der Waals surface area (Å²) in [6.45, 7) is 30.9. The molecule has 0 aliphatic heterocycles. The SMILES string of the molecule is C=C(Cc1cccc(-c2ccc(C(CC)(CC)c3ccc(C#CC4(C)CCCCC4)c(C)c3)cc2C)c1)OC.C=C(Cc1cccc(-c2ccc(C(CC)(CC)c3ccc(C#CC4(C)CCCCC4)c(C)c3)cc2C)c1)OC. The summed E-state index contributed by atoms with van der Waals surface area (Å²) in [5, 5.41) is 0. The van der Waals surface area contributed by atoms with Crippen LogP contribution in [0.25, 0.3) is 22.3 Å². The van der Waals surface area contributed by atoms with Gasteiger partial charge in [-0.15, -0.1) is 0 Å². The van der Waals surface area contributed by atoms with Crippen molar-refractivity contribution < 1.29 is 9.47 Å². The van der Waals surface area contributed by atoms with Crippen molar-refractivity contribution >= 4 is 0 Å². The van der Waals surface area contributed by atoms with Crippen molar-refractivity contribution in [1.82, 2.24) is 0 Å². The van der Waals surface area contributed by atoms with Gasteiger partial charge < -0.3 is 9.47 Å². The van der Waals surface area contributed by atoms with Crippen LogP contribution >= 0.6 is 0 Å². The number of methoxy groups -OCH3 is 2. The van der Waals surface area contributed by atoms with E-state index in [0.717, 1.165) is 50.0 Å². The van der Waals surface area contributed by atoms with Gasteiger partial charge in [0.2, 0.25) is 0 Å². The van der Waals surface area contributed by atoms with Crippen molar-refractivity contribution in [2.24, 2.45) is 10.8 Å². The number of rotatable bonds is 16. The Hall–Kier alpha value is -6.48. The molecule has 2 aliphatic carbocycles. The van der Waals surface area contributed by atoms with Crippen molar-refractivity contribution in [2.45, 2.75) is 183 Å². The molecule has 0 saturated heterocycles. The first-order valence-corrected chi connectivity index (χ1v) is 29.6. The molecule has 6 aromatic carbocycles. The number of hydrogen-bond acceptors (Lipinski definition) is 2. The molecule has 2 fully saturated rings. The van der Waals surface area contributed by atoms with Gasteiger partial charge in [-0.05, 0) is 183 Å². The lowest BCUT2D eigenvalue weighted by Crippen LogP contribution is -2.26. The van der Waals surface area contributed by atoms with Gasteiger partial charge in [-0.3, -0.25) is 0 Å². The molecule has 78 heavy (non-hydrogen) atoms. The third-order valence-corrected chi connectivity index (χ3v) is 18.3. The Morgan fingerprint density at radius 2 is 0.782 bits per heavy atom. The first-order chi connectivity index (χ1) is 37.5. The zero-order valence-corrected chi connectivity index (χ0v) is 50.1. The molecule has 2 nitrogen and oxygen atoms in total. The molecule has 8 rings (SSSR count). The van der Waals surface area contributed by atoms with Crippen molar-refractivity contribution in [3.05, 3.63) is 213 Å². The molecule has 0 atom stereocenters. The third kappa shape index (κ3) is 13.8. The molecule has 0 spiro atoms. The first-order valence-electron chi connectivity index (χ1n) is 29.6. The molecule has 0 heterocycles. The van der Waals surface area contributed by atoms with Crippen LogP contribution in [0.1, 0.15) is 198 Å². The van der Waals surface area contributed by atoms with Crippen LogP contribution in [0.4, 0.5) is 0 Å². The molecule has 0 unspecified atom stereocenters. The number of hydrogen-bond donors (Lipinski definition) is 0. The standard InChI is InChI=1S/2C38H46O/c2*1-8-38(9-2,34-17-16-32(28(3)24-34)20-23-37(6)21-11-10-12-22-37)35-18-19-36(29(4)25-35)33-15-13-14-31(27-33)26-30(5)39-7/h2*13-19,24-25,27H,5,8-12,21-22,26H2,1-4,6-7H3. The Kier molecular flexibility index (Phi) is 20.1. The topological polar surface area (TPSA) is 18.5 Å². The smallest absolute Gasteiger partial charge is 0.0927 e. The van der Waals surface area contributed by atoms with Gasteiger partial charge in [0.05, 0.1) is 25.7 Å². The molecular weight excluding hydrogens is 945 g/mol. The second kappa shape index (κ2) is 26.4. The predicted octanol–water partition coefficient (Wildman–Crippen LogP) is 20.2. The van der Waals surface area contributed by atoms with E-state index < -0.39 is 0 Å². The van der Waals surface area contributed by atoms with E-state index >= 15 is 0 Å². The Bertz CT molecular complexity index is 2950. The minimum Gasteiger partial charge on any atom is -0.501 e. The Balaban J connectivity index is 0.000000226. The number of aryl methyl sites for hydroxylation is 4. The van der Waals surface area contributed by atoms with Crippen molar-refractivity contribution in [1.29, 1.82) is 0 Å². The molecule has 0 amide bonds. The average Bonchev–Trinajstić information content (AvgIpc) is 3.56. The van der Waals surface area contributed by atoms with E-state index in [1.165, 1.54) is 153 Å². The van der Waals surface area contributed by atoms with Crippen LogP contribution in [0.5, 0.6) is 0 Å². The van der Waals surface area contributed by atoms with E-state index in [1.54, 1.807) is 14.2 Å². The van der Waals surface area contributed by atoms with Crippen molar-refractivity contribution in [2.75, 3.05) is 14.2 Å². The maximum Gasteiger partial charge on any atom is 0.0927 e. The van der Waals surface area contributed by atoms with Crippen LogP contribution in [0, 0.1) is 62.2 Å². The largest absolute Gasteiger partial charge is 0.501 e. The summed E-state index contributed by atoms with van der Waals surface area (Å²) in [6, 6.07) is 45.6. The van der Waals surface area contributed by atoms with Gasteiger partial charge in [0, 0.05) is 45.6 Å². The number of allylic oxidation sites excluding steroid dienone is 2. The molecular formula is C76H92O2. The Morgan fingerprint density at radius 1 is 0.449 bits per heavy atom. The van der Waals surface area contributed by atoms with Crippen LogP contribution in [0.3, 0.4) is 0 Å². The summed E-state index contributed by atoms with van der Waals surface area (Å²) in [5.41, 5.74) is 20.9. The van der Waals surface area contributed by atoms with E-state index in [9.17, 15) is 0 Å². The van der Waals surface area contributed by atoms with E-state index in [1.807, 2.05) is 0 Å². The van der Waals surface area contributed by atoms with E-state index in [2.05, 4.69) is 227 Å². The fourth-order valence-corrected chi connectivity index (χ4v) is 12.9. The summed E-state index contributed by atoms with van der Waals surface area (Å²) in [7, 11) is 3.37. The van der Waals surface area contributed by atoms with Crippen LogP contribution in [-0.4, -0.2) is 14.2 Å². The zero-order chi connectivity index (χ0) is 56.1. The molecule has 0 aromatic heterocycles. The monoisotopic (exact) mass is 1040 g/mol. The molecule has 2 heteroatoms. The highest BCUT2D eigenvalue weighted by molar-refractivity contribution is 5.70. The van der Waals surface area contributed by atoms with E-state index in [0.29, 0.717) is 0 Å². The molecule has 408 valence electrons. The normalized spacial score (nSPS) is 14.8. The summed E-state index contributed by atoms with van der Waals surface area (Å²) in [4.78, 5) is 0. The second-order valence-corrected chi connectivity index (χ2v) is 23.7. The zero-order valence-electron chi connectivity index (χ0n) is 50.1. The van der Waals surface area contributed by atoms with Gasteiger partial charge in [-0.25, -0.2) is 0 Å². The Labute approximate surface area is 473 Å². The fourth-order valence-electron chi connectivity index (χ4n) is 12.9. The van der Waals surface area contributed by atoms with Gasteiger partial charge in [0.1, 0.15) is 0 Å². The number of benzene rings is 6. The maximum absolute atomic E-state index is 5.30. The van der Waals surface area contributed by atoms with Gasteiger partial charge in [0.25, 0.3) is 0 Å². The fraction of sp³-hybridized carbons (Fsp3) is 0.421.